The molecule has 0 saturated carbocycles. The van der Waals surface area contributed by atoms with Crippen LogP contribution in [0.1, 0.15) is 30.4 Å². The molecule has 2 amide bonds. The lowest BCUT2D eigenvalue weighted by molar-refractivity contribution is 0.180. The Hall–Kier alpha value is -1.26. The molecule has 0 atom stereocenters. The largest absolute Gasteiger partial charge is 0.330 e. The minimum Gasteiger partial charge on any atom is -0.330 e. The summed E-state index contributed by atoms with van der Waals surface area (Å²) in [6.45, 7) is 6.50. The van der Waals surface area contributed by atoms with E-state index >= 15 is 0 Å². The van der Waals surface area contributed by atoms with E-state index in [4.69, 9.17) is 5.73 Å². The molecule has 3 N–H and O–H groups in total. The number of likely N-dealkylation sites (tertiary alicyclic amines) is 1. The lowest BCUT2D eigenvalue weighted by Crippen LogP contribution is -2.41. The highest BCUT2D eigenvalue weighted by Gasteiger charge is 2.22. The number of hydrogen-bond donors (Lipinski definition) is 2. The second-order valence-corrected chi connectivity index (χ2v) is 5.81. The summed E-state index contributed by atoms with van der Waals surface area (Å²) in [6.07, 6.45) is 3.21. The van der Waals surface area contributed by atoms with Crippen molar-refractivity contribution in [1.29, 1.82) is 0 Å². The van der Waals surface area contributed by atoms with E-state index in [1.165, 1.54) is 11.1 Å². The summed E-state index contributed by atoms with van der Waals surface area (Å²) in [7, 11) is 0. The molecule has 5 heteroatoms. The van der Waals surface area contributed by atoms with Gasteiger partial charge in [0.25, 0.3) is 0 Å². The molecular weight excluding hydrogens is 286 g/mol. The highest BCUT2D eigenvalue weighted by Crippen LogP contribution is 2.21. The summed E-state index contributed by atoms with van der Waals surface area (Å²) < 4.78 is 0. The molecule has 1 fully saturated rings. The van der Waals surface area contributed by atoms with Crippen LogP contribution in [0.2, 0.25) is 0 Å². The Kier molecular flexibility index (Phi) is 6.99. The molecule has 4 nitrogen and oxygen atoms in total. The average molecular weight is 312 g/mol. The van der Waals surface area contributed by atoms with E-state index < -0.39 is 0 Å². The lowest BCUT2D eigenvalue weighted by atomic mass is 9.94. The number of nitrogens with zero attached hydrogens (tertiary/aromatic N) is 1. The molecule has 1 aliphatic rings. The second-order valence-electron chi connectivity index (χ2n) is 5.81. The molecule has 1 aromatic carbocycles. The Labute approximate surface area is 133 Å². The van der Waals surface area contributed by atoms with Crippen molar-refractivity contribution < 1.29 is 4.79 Å². The van der Waals surface area contributed by atoms with Crippen molar-refractivity contribution in [2.24, 2.45) is 11.7 Å². The summed E-state index contributed by atoms with van der Waals surface area (Å²) >= 11 is 0. The van der Waals surface area contributed by atoms with Gasteiger partial charge in [-0.1, -0.05) is 6.07 Å². The van der Waals surface area contributed by atoms with E-state index in [0.717, 1.165) is 44.6 Å². The number of amides is 2. The first-order chi connectivity index (χ1) is 9.58. The molecule has 0 radical (unpaired) electrons. The van der Waals surface area contributed by atoms with E-state index in [0.29, 0.717) is 5.92 Å². The van der Waals surface area contributed by atoms with Crippen LogP contribution in [0.4, 0.5) is 10.5 Å². The number of nitrogens with one attached hydrogen (secondary N) is 1. The lowest BCUT2D eigenvalue weighted by Gasteiger charge is -2.31. The minimum absolute atomic E-state index is 0. The van der Waals surface area contributed by atoms with Gasteiger partial charge < -0.3 is 16.0 Å². The molecule has 0 aliphatic carbocycles. The molecule has 1 aliphatic heterocycles. The average Bonchev–Trinajstić information content (AvgIpc) is 2.38. The van der Waals surface area contributed by atoms with Crippen molar-refractivity contribution in [2.75, 3.05) is 25.0 Å². The predicted molar refractivity (Wildman–Crippen MR) is 90.2 cm³/mol. The van der Waals surface area contributed by atoms with Gasteiger partial charge >= 0.3 is 6.03 Å². The molecule has 118 valence electrons. The first-order valence-electron chi connectivity index (χ1n) is 7.43. The van der Waals surface area contributed by atoms with Gasteiger partial charge in [0, 0.05) is 18.8 Å². The Morgan fingerprint density at radius 3 is 2.33 bits per heavy atom. The van der Waals surface area contributed by atoms with Gasteiger partial charge in [-0.15, -0.1) is 12.4 Å². The number of halogens is 1. The maximum atomic E-state index is 12.2. The van der Waals surface area contributed by atoms with Crippen molar-refractivity contribution >= 4 is 24.1 Å². The number of rotatable bonds is 3. The van der Waals surface area contributed by atoms with Gasteiger partial charge in [-0.3, -0.25) is 0 Å². The number of anilines is 1. The van der Waals surface area contributed by atoms with E-state index in [-0.39, 0.29) is 18.4 Å². The Morgan fingerprint density at radius 2 is 1.81 bits per heavy atom. The van der Waals surface area contributed by atoms with Crippen LogP contribution in [0, 0.1) is 19.8 Å². The normalized spacial score (nSPS) is 15.5. The van der Waals surface area contributed by atoms with Gasteiger partial charge in [-0.2, -0.15) is 0 Å². The summed E-state index contributed by atoms with van der Waals surface area (Å²) in [6, 6.07) is 6.13. The molecular formula is C16H26ClN3O. The number of aryl methyl sites for hydroxylation is 2. The second kappa shape index (κ2) is 8.25. The third kappa shape index (κ3) is 5.21. The van der Waals surface area contributed by atoms with Gasteiger partial charge in [-0.25, -0.2) is 4.79 Å². The van der Waals surface area contributed by atoms with Crippen molar-refractivity contribution in [2.45, 2.75) is 33.1 Å². The first-order valence-corrected chi connectivity index (χ1v) is 7.43. The SMILES string of the molecule is Cc1cc(C)cc(NC(=O)N2CCC(CCN)CC2)c1.Cl. The van der Waals surface area contributed by atoms with Gasteiger partial charge in [0.1, 0.15) is 0 Å². The highest BCUT2D eigenvalue weighted by molar-refractivity contribution is 5.89. The van der Waals surface area contributed by atoms with Crippen LogP contribution in [0.5, 0.6) is 0 Å². The molecule has 0 spiro atoms. The van der Waals surface area contributed by atoms with Crippen LogP contribution in [0.25, 0.3) is 0 Å². The fraction of sp³-hybridized carbons (Fsp3) is 0.562. The quantitative estimate of drug-likeness (QED) is 0.899. The van der Waals surface area contributed by atoms with Gasteiger partial charge in [0.05, 0.1) is 0 Å². The van der Waals surface area contributed by atoms with Crippen molar-refractivity contribution in [3.05, 3.63) is 29.3 Å². The summed E-state index contributed by atoms with van der Waals surface area (Å²) in [5.74, 6) is 0.685. The molecule has 1 saturated heterocycles. The molecule has 0 unspecified atom stereocenters. The fourth-order valence-corrected chi connectivity index (χ4v) is 2.91. The smallest absolute Gasteiger partial charge is 0.321 e. The zero-order valence-electron chi connectivity index (χ0n) is 12.9. The van der Waals surface area contributed by atoms with Gasteiger partial charge in [0.2, 0.25) is 0 Å². The highest BCUT2D eigenvalue weighted by atomic mass is 35.5. The number of benzene rings is 1. The number of urea groups is 1. The minimum atomic E-state index is 0. The monoisotopic (exact) mass is 311 g/mol. The number of hydrogen-bond acceptors (Lipinski definition) is 2. The summed E-state index contributed by atoms with van der Waals surface area (Å²) in [5.41, 5.74) is 8.81. The van der Waals surface area contributed by atoms with Crippen LogP contribution < -0.4 is 11.1 Å². The molecule has 1 heterocycles. The molecule has 1 aromatic rings. The third-order valence-corrected chi connectivity index (χ3v) is 3.95. The van der Waals surface area contributed by atoms with Crippen LogP contribution >= 0.6 is 12.4 Å². The van der Waals surface area contributed by atoms with Gasteiger partial charge in [-0.05, 0) is 68.8 Å². The number of piperidine rings is 1. The van der Waals surface area contributed by atoms with Crippen LogP contribution in [0.15, 0.2) is 18.2 Å². The molecule has 2 rings (SSSR count). The maximum Gasteiger partial charge on any atom is 0.321 e. The summed E-state index contributed by atoms with van der Waals surface area (Å²) in [4.78, 5) is 14.2. The van der Waals surface area contributed by atoms with Crippen LogP contribution in [-0.4, -0.2) is 30.6 Å². The van der Waals surface area contributed by atoms with Crippen LogP contribution in [0.3, 0.4) is 0 Å². The van der Waals surface area contributed by atoms with Crippen molar-refractivity contribution in [3.63, 3.8) is 0 Å². The van der Waals surface area contributed by atoms with E-state index in [1.54, 1.807) is 0 Å². The number of carbonyl (C=O) groups is 1. The van der Waals surface area contributed by atoms with Crippen molar-refractivity contribution in [1.82, 2.24) is 4.90 Å². The Morgan fingerprint density at radius 1 is 1.24 bits per heavy atom. The molecule has 0 aromatic heterocycles. The zero-order valence-corrected chi connectivity index (χ0v) is 13.7. The Balaban J connectivity index is 0.00000220. The maximum absolute atomic E-state index is 12.2. The molecule has 21 heavy (non-hydrogen) atoms. The van der Waals surface area contributed by atoms with Crippen molar-refractivity contribution in [3.8, 4) is 0 Å². The van der Waals surface area contributed by atoms with Crippen LogP contribution in [-0.2, 0) is 0 Å². The number of carbonyl (C=O) groups excluding carboxylic acids is 1. The third-order valence-electron chi connectivity index (χ3n) is 3.95. The van der Waals surface area contributed by atoms with E-state index in [1.807, 2.05) is 30.9 Å². The number of nitrogens with two attached hydrogens (primary N) is 1. The van der Waals surface area contributed by atoms with E-state index in [2.05, 4.69) is 11.4 Å². The fourth-order valence-electron chi connectivity index (χ4n) is 2.91. The first kappa shape index (κ1) is 17.8. The van der Waals surface area contributed by atoms with E-state index in [9.17, 15) is 4.79 Å². The van der Waals surface area contributed by atoms with Gasteiger partial charge in [0.15, 0.2) is 0 Å². The molecule has 0 bridgehead atoms. The summed E-state index contributed by atoms with van der Waals surface area (Å²) in [5, 5.41) is 3.00. The Bertz CT molecular complexity index is 450. The topological polar surface area (TPSA) is 58.4 Å². The zero-order chi connectivity index (χ0) is 14.5. The standard InChI is InChI=1S/C16H25N3O.ClH/c1-12-9-13(2)11-15(10-12)18-16(20)19-7-4-14(3-6-17)5-8-19;/h9-11,14H,3-8,17H2,1-2H3,(H,18,20);1H. The predicted octanol–water partition coefficient (Wildman–Crippen LogP) is 3.32.